The molecule has 0 saturated heterocycles. The van der Waals surface area contributed by atoms with Crippen LogP contribution in [0.15, 0.2) is 48.5 Å². The van der Waals surface area contributed by atoms with E-state index < -0.39 is 0 Å². The quantitative estimate of drug-likeness (QED) is 0.812. The Hall–Kier alpha value is -1.57. The summed E-state index contributed by atoms with van der Waals surface area (Å²) >= 11 is 2.49. The molecule has 1 radical (unpaired) electrons. The van der Waals surface area contributed by atoms with Gasteiger partial charge in [-0.25, -0.2) is 0 Å². The monoisotopic (exact) mass is 305 g/mol. The molecule has 3 heteroatoms. The van der Waals surface area contributed by atoms with Crippen molar-refractivity contribution in [2.24, 2.45) is 0 Å². The van der Waals surface area contributed by atoms with Crippen molar-refractivity contribution in [3.63, 3.8) is 0 Å². The molecule has 0 aliphatic heterocycles. The predicted molar refractivity (Wildman–Crippen MR) is 72.0 cm³/mol. The van der Waals surface area contributed by atoms with Crippen molar-refractivity contribution in [2.45, 2.75) is 13.5 Å². The fourth-order valence-electron chi connectivity index (χ4n) is 1.70. The Balaban J connectivity index is 2.07. The van der Waals surface area contributed by atoms with Gasteiger partial charge < -0.3 is 0 Å². The standard InChI is InChI=1S/C15H13O2Se/c1-11-9-13(7-8-14(11)15(16)18)17-10-12-5-3-2-4-6-12/h2-9H,10H2,1H3. The van der Waals surface area contributed by atoms with E-state index in [2.05, 4.69) is 16.0 Å². The first kappa shape index (κ1) is 12.9. The summed E-state index contributed by atoms with van der Waals surface area (Å²) in [5.41, 5.74) is 2.74. The van der Waals surface area contributed by atoms with Gasteiger partial charge in [-0.2, -0.15) is 0 Å². The summed E-state index contributed by atoms with van der Waals surface area (Å²) in [6, 6.07) is 15.5. The van der Waals surface area contributed by atoms with E-state index in [9.17, 15) is 4.79 Å². The summed E-state index contributed by atoms with van der Waals surface area (Å²) in [6.07, 6.45) is 0. The van der Waals surface area contributed by atoms with Gasteiger partial charge in [0.05, 0.1) is 0 Å². The van der Waals surface area contributed by atoms with Gasteiger partial charge in [0, 0.05) is 0 Å². The maximum absolute atomic E-state index is 11.3. The molecule has 0 bridgehead atoms. The van der Waals surface area contributed by atoms with Crippen molar-refractivity contribution in [1.82, 2.24) is 0 Å². The third-order valence-corrected chi connectivity index (χ3v) is 3.13. The molecule has 0 aromatic heterocycles. The number of carbonyl (C=O) groups is 1. The zero-order chi connectivity index (χ0) is 13.0. The molecule has 0 unspecified atom stereocenters. The Morgan fingerprint density at radius 3 is 2.50 bits per heavy atom. The number of carbonyl (C=O) groups excluding carboxylic acids is 1. The van der Waals surface area contributed by atoms with E-state index in [4.69, 9.17) is 4.74 Å². The summed E-state index contributed by atoms with van der Waals surface area (Å²) in [4.78, 5) is 11.3. The van der Waals surface area contributed by atoms with E-state index >= 15 is 0 Å². The first-order valence-corrected chi connectivity index (χ1v) is 6.51. The minimum atomic E-state index is -0.0397. The van der Waals surface area contributed by atoms with Crippen LogP contribution in [-0.4, -0.2) is 20.7 Å². The van der Waals surface area contributed by atoms with Crippen LogP contribution in [0.5, 0.6) is 5.75 Å². The van der Waals surface area contributed by atoms with Crippen molar-refractivity contribution < 1.29 is 9.53 Å². The van der Waals surface area contributed by atoms with Crippen molar-refractivity contribution in [3.8, 4) is 5.75 Å². The van der Waals surface area contributed by atoms with E-state index in [1.54, 1.807) is 6.07 Å². The molecule has 0 saturated carbocycles. The third-order valence-electron chi connectivity index (χ3n) is 2.67. The van der Waals surface area contributed by atoms with Crippen LogP contribution >= 0.6 is 0 Å². The molecule has 0 aliphatic carbocycles. The molecular weight excluding hydrogens is 291 g/mol. The van der Waals surface area contributed by atoms with E-state index in [1.165, 1.54) is 0 Å². The molecule has 2 aromatic carbocycles. The normalized spacial score (nSPS) is 10.1. The Bertz CT molecular complexity index is 550. The van der Waals surface area contributed by atoms with Gasteiger partial charge in [-0.15, -0.1) is 0 Å². The van der Waals surface area contributed by atoms with Crippen molar-refractivity contribution >= 4 is 20.7 Å². The van der Waals surface area contributed by atoms with Gasteiger partial charge in [0.25, 0.3) is 0 Å². The predicted octanol–water partition coefficient (Wildman–Crippen LogP) is 2.88. The van der Waals surface area contributed by atoms with Gasteiger partial charge >= 0.3 is 115 Å². The number of ether oxygens (including phenoxy) is 1. The molecule has 0 N–H and O–H groups in total. The molecule has 0 heterocycles. The Morgan fingerprint density at radius 1 is 1.17 bits per heavy atom. The van der Waals surface area contributed by atoms with E-state index in [0.717, 1.165) is 16.9 Å². The summed E-state index contributed by atoms with van der Waals surface area (Å²) in [7, 11) is 0. The second-order valence-electron chi connectivity index (χ2n) is 4.04. The van der Waals surface area contributed by atoms with Crippen molar-refractivity contribution in [2.75, 3.05) is 0 Å². The first-order chi connectivity index (χ1) is 8.66. The first-order valence-electron chi connectivity index (χ1n) is 5.65. The van der Waals surface area contributed by atoms with Crippen LogP contribution in [0.2, 0.25) is 0 Å². The molecule has 18 heavy (non-hydrogen) atoms. The molecule has 2 aromatic rings. The summed E-state index contributed by atoms with van der Waals surface area (Å²) in [5, 5.41) is 0. The van der Waals surface area contributed by atoms with E-state index in [1.807, 2.05) is 49.4 Å². The Kier molecular flexibility index (Phi) is 4.19. The molecule has 0 spiro atoms. The van der Waals surface area contributed by atoms with E-state index in [-0.39, 0.29) is 4.68 Å². The fraction of sp³-hybridized carbons (Fsp3) is 0.133. The van der Waals surface area contributed by atoms with Gasteiger partial charge in [0.1, 0.15) is 0 Å². The Morgan fingerprint density at radius 2 is 1.89 bits per heavy atom. The number of hydrogen-bond donors (Lipinski definition) is 0. The van der Waals surface area contributed by atoms with Gasteiger partial charge in [-0.3, -0.25) is 0 Å². The van der Waals surface area contributed by atoms with Crippen molar-refractivity contribution in [1.29, 1.82) is 0 Å². The molecule has 2 nitrogen and oxygen atoms in total. The topological polar surface area (TPSA) is 26.3 Å². The molecular formula is C15H13O2Se. The van der Waals surface area contributed by atoms with Crippen LogP contribution in [0.4, 0.5) is 0 Å². The van der Waals surface area contributed by atoms with Crippen molar-refractivity contribution in [3.05, 3.63) is 65.2 Å². The van der Waals surface area contributed by atoms with Crippen LogP contribution in [-0.2, 0) is 6.61 Å². The molecule has 0 atom stereocenters. The minimum absolute atomic E-state index is 0.0397. The number of rotatable bonds is 4. The average molecular weight is 304 g/mol. The summed E-state index contributed by atoms with van der Waals surface area (Å²) < 4.78 is 5.65. The average Bonchev–Trinajstić information content (AvgIpc) is 2.37. The molecule has 0 aliphatic rings. The zero-order valence-electron chi connectivity index (χ0n) is 10.1. The number of hydrogen-bond acceptors (Lipinski definition) is 2. The van der Waals surface area contributed by atoms with Crippen LogP contribution in [0.25, 0.3) is 0 Å². The van der Waals surface area contributed by atoms with Crippen LogP contribution in [0, 0.1) is 6.92 Å². The second kappa shape index (κ2) is 5.85. The van der Waals surface area contributed by atoms with Gasteiger partial charge in [0.15, 0.2) is 0 Å². The van der Waals surface area contributed by atoms with Crippen LogP contribution in [0.1, 0.15) is 21.5 Å². The SMILES string of the molecule is Cc1cc(OCc2ccccc2)ccc1C(=O)[Se]. The van der Waals surface area contributed by atoms with Crippen LogP contribution in [0.3, 0.4) is 0 Å². The fourth-order valence-corrected chi connectivity index (χ4v) is 2.18. The van der Waals surface area contributed by atoms with E-state index in [0.29, 0.717) is 12.2 Å². The van der Waals surface area contributed by atoms with Gasteiger partial charge in [0.2, 0.25) is 0 Å². The van der Waals surface area contributed by atoms with Gasteiger partial charge in [-0.05, 0) is 0 Å². The Labute approximate surface area is 115 Å². The zero-order valence-corrected chi connectivity index (χ0v) is 11.8. The molecule has 2 rings (SSSR count). The number of aryl methyl sites for hydroxylation is 1. The molecule has 0 fully saturated rings. The number of benzene rings is 2. The van der Waals surface area contributed by atoms with Crippen LogP contribution < -0.4 is 4.74 Å². The molecule has 91 valence electrons. The summed E-state index contributed by atoms with van der Waals surface area (Å²) in [5.74, 6) is 0.779. The third kappa shape index (κ3) is 3.22. The second-order valence-corrected chi connectivity index (χ2v) is 4.82. The maximum atomic E-state index is 11.3. The summed E-state index contributed by atoms with van der Waals surface area (Å²) in [6.45, 7) is 2.44. The molecule has 0 amide bonds. The van der Waals surface area contributed by atoms with Gasteiger partial charge in [-0.1, -0.05) is 0 Å².